The van der Waals surface area contributed by atoms with Crippen LogP contribution in [-0.2, 0) is 11.2 Å². The quantitative estimate of drug-likeness (QED) is 0.337. The molecule has 0 amide bonds. The number of halogens is 1. The van der Waals surface area contributed by atoms with Crippen molar-refractivity contribution >= 4 is 23.8 Å². The summed E-state index contributed by atoms with van der Waals surface area (Å²) in [5.74, 6) is -0.0865. The molecule has 0 atom stereocenters. The molecule has 0 radical (unpaired) electrons. The van der Waals surface area contributed by atoms with Crippen molar-refractivity contribution < 1.29 is 13.9 Å². The molecule has 0 aliphatic carbocycles. The third kappa shape index (κ3) is 5.56. The van der Waals surface area contributed by atoms with Gasteiger partial charge in [-0.05, 0) is 42.7 Å². The van der Waals surface area contributed by atoms with Crippen LogP contribution in [0.2, 0.25) is 0 Å². The zero-order chi connectivity index (χ0) is 23.2. The van der Waals surface area contributed by atoms with Gasteiger partial charge < -0.3 is 9.64 Å². The van der Waals surface area contributed by atoms with Crippen LogP contribution in [0.1, 0.15) is 32.7 Å². The molecule has 1 aromatic carbocycles. The number of benzene rings is 1. The Labute approximate surface area is 191 Å². The van der Waals surface area contributed by atoms with Gasteiger partial charge in [0.1, 0.15) is 0 Å². The highest BCUT2D eigenvalue weighted by Gasteiger charge is 2.17. The van der Waals surface area contributed by atoms with E-state index in [0.29, 0.717) is 44.0 Å². The zero-order valence-electron chi connectivity index (χ0n) is 18.6. The first-order valence-electron chi connectivity index (χ1n) is 10.7. The third-order valence-electron chi connectivity index (χ3n) is 5.49. The number of Topliss-reactive ketones (excluding diaryl/α,β-unsaturated/α-hetero) is 1. The van der Waals surface area contributed by atoms with Crippen LogP contribution in [0.25, 0.3) is 0 Å². The van der Waals surface area contributed by atoms with E-state index >= 15 is 0 Å². The highest BCUT2D eigenvalue weighted by Crippen LogP contribution is 2.19. The SMILES string of the molecule is Cc1cccc(C)c1CC(=O)c1ccc(/C=N/Nc2ncc(F)c(N3CCOCC3)n2)nc1. The van der Waals surface area contributed by atoms with Crippen molar-refractivity contribution in [2.75, 3.05) is 36.6 Å². The standard InChI is InChI=1S/C24H25FN6O2/c1-16-4-3-5-17(2)20(16)12-22(32)18-6-7-19(26-13-18)14-28-30-24-27-15-21(25)23(29-24)31-8-10-33-11-9-31/h3-7,13-15H,8-12H2,1-2H3,(H,27,29,30)/b28-14+. The maximum atomic E-state index is 14.1. The third-order valence-corrected chi connectivity index (χ3v) is 5.49. The van der Waals surface area contributed by atoms with Crippen LogP contribution in [0.15, 0.2) is 47.8 Å². The van der Waals surface area contributed by atoms with Gasteiger partial charge in [0.25, 0.3) is 0 Å². The van der Waals surface area contributed by atoms with E-state index in [1.54, 1.807) is 18.3 Å². The van der Waals surface area contributed by atoms with Crippen LogP contribution in [0.4, 0.5) is 16.2 Å². The number of aromatic nitrogens is 3. The van der Waals surface area contributed by atoms with Crippen molar-refractivity contribution in [3.8, 4) is 0 Å². The molecule has 0 spiro atoms. The van der Waals surface area contributed by atoms with Gasteiger partial charge in [-0.25, -0.2) is 14.8 Å². The second-order valence-corrected chi connectivity index (χ2v) is 7.78. The molecule has 0 bridgehead atoms. The lowest BCUT2D eigenvalue weighted by Gasteiger charge is -2.27. The molecule has 3 heterocycles. The number of morpholine rings is 1. The number of aryl methyl sites for hydroxylation is 2. The summed E-state index contributed by atoms with van der Waals surface area (Å²) in [5, 5.41) is 4.08. The number of anilines is 2. The monoisotopic (exact) mass is 448 g/mol. The molecule has 8 nitrogen and oxygen atoms in total. The number of ketones is 1. The molecule has 33 heavy (non-hydrogen) atoms. The fraction of sp³-hybridized carbons (Fsp3) is 0.292. The highest BCUT2D eigenvalue weighted by atomic mass is 19.1. The molecule has 1 aliphatic heterocycles. The molecule has 1 fully saturated rings. The molecular formula is C24H25FN6O2. The lowest BCUT2D eigenvalue weighted by Crippen LogP contribution is -2.37. The minimum atomic E-state index is -0.491. The smallest absolute Gasteiger partial charge is 0.245 e. The van der Waals surface area contributed by atoms with Crippen molar-refractivity contribution in [2.24, 2.45) is 5.10 Å². The van der Waals surface area contributed by atoms with Gasteiger partial charge in [-0.1, -0.05) is 18.2 Å². The van der Waals surface area contributed by atoms with Crippen LogP contribution < -0.4 is 10.3 Å². The molecule has 1 saturated heterocycles. The second kappa shape index (κ2) is 10.3. The van der Waals surface area contributed by atoms with E-state index in [0.717, 1.165) is 22.9 Å². The van der Waals surface area contributed by atoms with Crippen LogP contribution in [0.5, 0.6) is 0 Å². The summed E-state index contributed by atoms with van der Waals surface area (Å²) in [6, 6.07) is 9.45. The molecule has 2 aromatic heterocycles. The van der Waals surface area contributed by atoms with Crippen LogP contribution in [-0.4, -0.2) is 53.3 Å². The first-order chi connectivity index (χ1) is 16.0. The average molecular weight is 449 g/mol. The highest BCUT2D eigenvalue weighted by molar-refractivity contribution is 5.97. The Hall–Kier alpha value is -3.72. The summed E-state index contributed by atoms with van der Waals surface area (Å²) < 4.78 is 19.4. The van der Waals surface area contributed by atoms with Gasteiger partial charge in [-0.2, -0.15) is 10.1 Å². The van der Waals surface area contributed by atoms with Gasteiger partial charge in [-0.3, -0.25) is 9.78 Å². The molecule has 3 aromatic rings. The largest absolute Gasteiger partial charge is 0.378 e. The number of nitrogens with zero attached hydrogens (tertiary/aromatic N) is 5. The molecule has 1 aliphatic rings. The summed E-state index contributed by atoms with van der Waals surface area (Å²) in [4.78, 5) is 26.9. The van der Waals surface area contributed by atoms with Crippen molar-refractivity contribution in [3.05, 3.63) is 76.5 Å². The Morgan fingerprint density at radius 3 is 2.61 bits per heavy atom. The first-order valence-corrected chi connectivity index (χ1v) is 10.7. The van der Waals surface area contributed by atoms with E-state index in [1.165, 1.54) is 6.21 Å². The van der Waals surface area contributed by atoms with E-state index in [2.05, 4.69) is 25.5 Å². The number of ether oxygens (including phenoxy) is 1. The molecule has 0 saturated carbocycles. The first kappa shape index (κ1) is 22.5. The van der Waals surface area contributed by atoms with E-state index in [-0.39, 0.29) is 17.5 Å². The number of carbonyl (C=O) groups excluding carboxylic acids is 1. The summed E-state index contributed by atoms with van der Waals surface area (Å²) in [6.45, 7) is 6.20. The molecule has 9 heteroatoms. The predicted molar refractivity (Wildman–Crippen MR) is 124 cm³/mol. The van der Waals surface area contributed by atoms with Gasteiger partial charge in [0, 0.05) is 31.3 Å². The molecule has 0 unspecified atom stereocenters. The summed E-state index contributed by atoms with van der Waals surface area (Å²) >= 11 is 0. The zero-order valence-corrected chi connectivity index (χ0v) is 18.6. The number of hydrogen-bond donors (Lipinski definition) is 1. The molecule has 170 valence electrons. The van der Waals surface area contributed by atoms with Crippen molar-refractivity contribution in [2.45, 2.75) is 20.3 Å². The Kier molecular flexibility index (Phi) is 6.99. The van der Waals surface area contributed by atoms with Crippen molar-refractivity contribution in [1.29, 1.82) is 0 Å². The van der Waals surface area contributed by atoms with Gasteiger partial charge >= 0.3 is 0 Å². The maximum absolute atomic E-state index is 14.1. The molecule has 1 N–H and O–H groups in total. The minimum absolute atomic E-state index is 0.0110. The van der Waals surface area contributed by atoms with Gasteiger partial charge in [0.05, 0.1) is 31.3 Å². The second-order valence-electron chi connectivity index (χ2n) is 7.78. The van der Waals surface area contributed by atoms with E-state index in [9.17, 15) is 9.18 Å². The summed E-state index contributed by atoms with van der Waals surface area (Å²) in [6.07, 6.45) is 4.48. The number of nitrogens with one attached hydrogen (secondary N) is 1. The lowest BCUT2D eigenvalue weighted by molar-refractivity contribution is 0.0992. The molecular weight excluding hydrogens is 423 g/mol. The van der Waals surface area contributed by atoms with Gasteiger partial charge in [-0.15, -0.1) is 0 Å². The van der Waals surface area contributed by atoms with Crippen LogP contribution in [0, 0.1) is 19.7 Å². The number of carbonyl (C=O) groups is 1. The Bertz CT molecular complexity index is 1140. The van der Waals surface area contributed by atoms with E-state index in [1.807, 2.05) is 36.9 Å². The maximum Gasteiger partial charge on any atom is 0.245 e. The Morgan fingerprint density at radius 1 is 1.15 bits per heavy atom. The van der Waals surface area contributed by atoms with Crippen LogP contribution >= 0.6 is 0 Å². The topological polar surface area (TPSA) is 92.6 Å². The fourth-order valence-corrected chi connectivity index (χ4v) is 3.60. The Balaban J connectivity index is 1.38. The van der Waals surface area contributed by atoms with E-state index in [4.69, 9.17) is 4.74 Å². The van der Waals surface area contributed by atoms with Gasteiger partial charge in [0.15, 0.2) is 17.4 Å². The Morgan fingerprint density at radius 2 is 1.91 bits per heavy atom. The number of hydrogen-bond acceptors (Lipinski definition) is 8. The van der Waals surface area contributed by atoms with Gasteiger partial charge in [0.2, 0.25) is 5.95 Å². The fourth-order valence-electron chi connectivity index (χ4n) is 3.60. The minimum Gasteiger partial charge on any atom is -0.378 e. The predicted octanol–water partition coefficient (Wildman–Crippen LogP) is 3.34. The summed E-state index contributed by atoms with van der Waals surface area (Å²) in [7, 11) is 0. The average Bonchev–Trinajstić information content (AvgIpc) is 2.83. The van der Waals surface area contributed by atoms with Crippen molar-refractivity contribution in [1.82, 2.24) is 15.0 Å². The summed E-state index contributed by atoms with van der Waals surface area (Å²) in [5.41, 5.74) is 7.05. The van der Waals surface area contributed by atoms with Crippen molar-refractivity contribution in [3.63, 3.8) is 0 Å². The number of pyridine rings is 1. The van der Waals surface area contributed by atoms with Crippen LogP contribution in [0.3, 0.4) is 0 Å². The number of hydrazone groups is 1. The lowest BCUT2D eigenvalue weighted by atomic mass is 9.96. The normalized spacial score (nSPS) is 14.0. The molecule has 4 rings (SSSR count). The number of rotatable bonds is 7. The van der Waals surface area contributed by atoms with E-state index < -0.39 is 5.82 Å².